The van der Waals surface area contributed by atoms with Gasteiger partial charge in [-0.15, -0.1) is 0 Å². The standard InChI is InChI=1S/C9H8O4.2C6H14N2O2/c1-6(10)13-8-5-3-2-4-7(8)9(11)12;2*7-4-2-1-3-5(8)6(9)10/h2-5H,1H3,(H,11,12);2*5H,1-4,7-8H2,(H,9,10). The van der Waals surface area contributed by atoms with Gasteiger partial charge in [-0.2, -0.15) is 0 Å². The van der Waals surface area contributed by atoms with Gasteiger partial charge in [-0.05, 0) is 50.9 Å². The lowest BCUT2D eigenvalue weighted by Gasteiger charge is -2.03. The smallest absolute Gasteiger partial charge is 0.339 e. The van der Waals surface area contributed by atoms with Crippen LogP contribution >= 0.6 is 0 Å². The van der Waals surface area contributed by atoms with Gasteiger partial charge in [0.2, 0.25) is 0 Å². The number of nitrogens with two attached hydrogens (primary N) is 4. The zero-order chi connectivity index (χ0) is 25.8. The summed E-state index contributed by atoms with van der Waals surface area (Å²) >= 11 is 0. The molecule has 12 nitrogen and oxygen atoms in total. The zero-order valence-corrected chi connectivity index (χ0v) is 18.8. The molecule has 2 atom stereocenters. The summed E-state index contributed by atoms with van der Waals surface area (Å²) in [5, 5.41) is 25.3. The first kappa shape index (κ1) is 32.1. The van der Waals surface area contributed by atoms with E-state index in [9.17, 15) is 19.2 Å². The van der Waals surface area contributed by atoms with Gasteiger partial charge in [0.25, 0.3) is 0 Å². The van der Waals surface area contributed by atoms with E-state index >= 15 is 0 Å². The first-order valence-corrected chi connectivity index (χ1v) is 10.3. The van der Waals surface area contributed by atoms with Crippen LogP contribution in [0.5, 0.6) is 5.75 Å². The van der Waals surface area contributed by atoms with Crippen molar-refractivity contribution in [2.24, 2.45) is 22.9 Å². The summed E-state index contributed by atoms with van der Waals surface area (Å²) in [4.78, 5) is 41.5. The van der Waals surface area contributed by atoms with Crippen molar-refractivity contribution in [1.82, 2.24) is 0 Å². The minimum Gasteiger partial charge on any atom is -0.480 e. The molecular formula is C21H36N4O8. The van der Waals surface area contributed by atoms with Gasteiger partial charge < -0.3 is 43.0 Å². The fourth-order valence-electron chi connectivity index (χ4n) is 2.15. The van der Waals surface area contributed by atoms with Crippen molar-refractivity contribution in [3.63, 3.8) is 0 Å². The number of para-hydroxylation sites is 1. The van der Waals surface area contributed by atoms with Gasteiger partial charge in [-0.1, -0.05) is 25.0 Å². The number of hydrogen-bond acceptors (Lipinski definition) is 9. The quantitative estimate of drug-likeness (QED) is 0.124. The number of benzene rings is 1. The van der Waals surface area contributed by atoms with Crippen LogP contribution < -0.4 is 27.7 Å². The molecule has 0 saturated heterocycles. The van der Waals surface area contributed by atoms with E-state index in [0.717, 1.165) is 25.7 Å². The van der Waals surface area contributed by atoms with Crippen molar-refractivity contribution in [3.05, 3.63) is 29.8 Å². The zero-order valence-electron chi connectivity index (χ0n) is 18.8. The van der Waals surface area contributed by atoms with Crippen LogP contribution in [0.25, 0.3) is 0 Å². The second-order valence-corrected chi connectivity index (χ2v) is 6.85. The number of carbonyl (C=O) groups excluding carboxylic acids is 1. The molecule has 0 radical (unpaired) electrons. The third-order valence-corrected chi connectivity index (χ3v) is 3.94. The lowest BCUT2D eigenvalue weighted by Crippen LogP contribution is -2.29. The third kappa shape index (κ3) is 18.2. The van der Waals surface area contributed by atoms with Gasteiger partial charge in [-0.25, -0.2) is 4.79 Å². The number of carboxylic acids is 3. The van der Waals surface area contributed by atoms with E-state index in [2.05, 4.69) is 4.74 Å². The maximum absolute atomic E-state index is 10.6. The molecule has 0 bridgehead atoms. The molecule has 33 heavy (non-hydrogen) atoms. The molecule has 12 heteroatoms. The maximum Gasteiger partial charge on any atom is 0.339 e. The molecule has 0 spiro atoms. The van der Waals surface area contributed by atoms with Crippen LogP contribution in [-0.2, 0) is 14.4 Å². The van der Waals surface area contributed by atoms with Crippen LogP contribution in [0.1, 0.15) is 55.8 Å². The van der Waals surface area contributed by atoms with E-state index in [4.69, 9.17) is 38.3 Å². The molecule has 0 saturated carbocycles. The van der Waals surface area contributed by atoms with Gasteiger partial charge in [0.05, 0.1) is 0 Å². The fourth-order valence-corrected chi connectivity index (χ4v) is 2.15. The maximum atomic E-state index is 10.6. The fraction of sp³-hybridized carbons (Fsp3) is 0.524. The molecule has 0 aromatic heterocycles. The lowest BCUT2D eigenvalue weighted by atomic mass is 10.1. The summed E-state index contributed by atoms with van der Waals surface area (Å²) in [7, 11) is 0. The average Bonchev–Trinajstić information content (AvgIpc) is 2.74. The Bertz CT molecular complexity index is 704. The number of carbonyl (C=O) groups is 4. The van der Waals surface area contributed by atoms with Crippen LogP contribution in [0.2, 0.25) is 0 Å². The molecule has 2 unspecified atom stereocenters. The summed E-state index contributed by atoms with van der Waals surface area (Å²) < 4.78 is 4.69. The van der Waals surface area contributed by atoms with Crippen molar-refractivity contribution < 1.29 is 39.2 Å². The number of carboxylic acid groups (broad SMARTS) is 3. The first-order chi connectivity index (χ1) is 15.5. The van der Waals surface area contributed by atoms with Gasteiger partial charge in [0, 0.05) is 6.92 Å². The second-order valence-electron chi connectivity index (χ2n) is 6.85. The molecule has 0 fully saturated rings. The summed E-state index contributed by atoms with van der Waals surface area (Å²) in [5.74, 6) is -3.44. The Morgan fingerprint density at radius 1 is 0.818 bits per heavy atom. The van der Waals surface area contributed by atoms with E-state index < -0.39 is 36.0 Å². The highest BCUT2D eigenvalue weighted by Gasteiger charge is 2.11. The van der Waals surface area contributed by atoms with Gasteiger partial charge in [0.15, 0.2) is 0 Å². The molecule has 0 aliphatic rings. The summed E-state index contributed by atoms with van der Waals surface area (Å²) in [6.07, 6.45) is 4.33. The summed E-state index contributed by atoms with van der Waals surface area (Å²) in [5.41, 5.74) is 20.8. The normalized spacial score (nSPS) is 11.5. The first-order valence-electron chi connectivity index (χ1n) is 10.3. The Hall–Kier alpha value is -3.06. The topological polar surface area (TPSA) is 242 Å². The van der Waals surface area contributed by atoms with Crippen LogP contribution in [0.3, 0.4) is 0 Å². The van der Waals surface area contributed by atoms with Crippen LogP contribution in [0, 0.1) is 0 Å². The molecule has 1 rings (SSSR count). The van der Waals surface area contributed by atoms with Gasteiger partial charge in [-0.3, -0.25) is 14.4 Å². The van der Waals surface area contributed by atoms with E-state index in [1.807, 2.05) is 0 Å². The van der Waals surface area contributed by atoms with Crippen molar-refractivity contribution >= 4 is 23.9 Å². The number of aliphatic carboxylic acids is 2. The predicted octanol–water partition coefficient (Wildman–Crippen LogP) is 0.365. The molecule has 188 valence electrons. The molecule has 0 heterocycles. The van der Waals surface area contributed by atoms with Crippen molar-refractivity contribution in [1.29, 1.82) is 0 Å². The largest absolute Gasteiger partial charge is 0.480 e. The Kier molecular flexibility index (Phi) is 19.1. The Morgan fingerprint density at radius 3 is 1.58 bits per heavy atom. The van der Waals surface area contributed by atoms with E-state index in [1.54, 1.807) is 12.1 Å². The van der Waals surface area contributed by atoms with Crippen molar-refractivity contribution in [2.75, 3.05) is 13.1 Å². The number of aromatic carboxylic acids is 1. The van der Waals surface area contributed by atoms with Crippen molar-refractivity contribution in [3.8, 4) is 5.75 Å². The predicted molar refractivity (Wildman–Crippen MR) is 122 cm³/mol. The number of unbranched alkanes of at least 4 members (excludes halogenated alkanes) is 2. The van der Waals surface area contributed by atoms with Crippen LogP contribution in [0.15, 0.2) is 24.3 Å². The molecule has 11 N–H and O–H groups in total. The Labute approximate surface area is 192 Å². The Balaban J connectivity index is 0. The summed E-state index contributed by atoms with van der Waals surface area (Å²) in [6.45, 7) is 2.43. The number of ether oxygens (including phenoxy) is 1. The average molecular weight is 473 g/mol. The van der Waals surface area contributed by atoms with E-state index in [1.165, 1.54) is 19.1 Å². The van der Waals surface area contributed by atoms with Crippen molar-refractivity contribution in [2.45, 2.75) is 57.5 Å². The van der Waals surface area contributed by atoms with E-state index in [0.29, 0.717) is 25.9 Å². The molecule has 1 aromatic carbocycles. The number of rotatable bonds is 12. The van der Waals surface area contributed by atoms with Crippen LogP contribution in [-0.4, -0.2) is 64.4 Å². The highest BCUT2D eigenvalue weighted by molar-refractivity contribution is 5.91. The van der Waals surface area contributed by atoms with E-state index in [-0.39, 0.29) is 11.3 Å². The molecule has 1 aromatic rings. The molecule has 0 aliphatic heterocycles. The number of esters is 1. The molecule has 0 amide bonds. The lowest BCUT2D eigenvalue weighted by molar-refractivity contribution is -0.139. The second kappa shape index (κ2) is 19.6. The third-order valence-electron chi connectivity index (χ3n) is 3.94. The van der Waals surface area contributed by atoms with Crippen LogP contribution in [0.4, 0.5) is 0 Å². The minimum atomic E-state index is -1.11. The monoisotopic (exact) mass is 472 g/mol. The minimum absolute atomic E-state index is 0.0160. The molecule has 0 aliphatic carbocycles. The Morgan fingerprint density at radius 2 is 1.24 bits per heavy atom. The SMILES string of the molecule is CC(=O)Oc1ccccc1C(=O)O.NCCCCC(N)C(=O)O.NCCCCC(N)C(=O)O. The highest BCUT2D eigenvalue weighted by atomic mass is 16.5. The van der Waals surface area contributed by atoms with Gasteiger partial charge >= 0.3 is 23.9 Å². The van der Waals surface area contributed by atoms with Gasteiger partial charge in [0.1, 0.15) is 23.4 Å². The highest BCUT2D eigenvalue weighted by Crippen LogP contribution is 2.17. The summed E-state index contributed by atoms with van der Waals surface area (Å²) in [6, 6.07) is 4.55. The number of hydrogen-bond donors (Lipinski definition) is 7. The molecular weight excluding hydrogens is 436 g/mol.